The highest BCUT2D eigenvalue weighted by Gasteiger charge is 2.38. The van der Waals surface area contributed by atoms with Crippen molar-refractivity contribution >= 4 is 17.1 Å². The van der Waals surface area contributed by atoms with Crippen LogP contribution in [0.2, 0.25) is 0 Å². The van der Waals surface area contributed by atoms with E-state index in [-0.39, 0.29) is 10.8 Å². The van der Waals surface area contributed by atoms with E-state index >= 15 is 0 Å². The number of para-hydroxylation sites is 5. The van der Waals surface area contributed by atoms with E-state index in [0.717, 1.165) is 56.8 Å². The summed E-state index contributed by atoms with van der Waals surface area (Å²) in [6.07, 6.45) is 0. The number of benzene rings is 7. The molecule has 7 aromatic carbocycles. The summed E-state index contributed by atoms with van der Waals surface area (Å²) in [5, 5.41) is 0. The van der Waals surface area contributed by atoms with E-state index in [0.29, 0.717) is 11.5 Å². The number of anilines is 3. The van der Waals surface area contributed by atoms with E-state index in [2.05, 4.69) is 148 Å². The maximum absolute atomic E-state index is 6.86. The van der Waals surface area contributed by atoms with Gasteiger partial charge in [-0.05, 0) is 82.4 Å². The average Bonchev–Trinajstić information content (AvgIpc) is 3.40. The standard InChI is InChI=1S/C48H37NO3/c1-47(2)36-15-6-5-13-34(36)35-28-27-32(29-39(35)47)49(40-18-12-17-38-46(40)51-41-19-8-7-16-37(41)48(38,3)4)31-25-23-30(24-26-31)33-14-11-22-44-45(33)52-43-21-10-9-20-42(43)50-44/h5-29H,1-4H3. The average molecular weight is 676 g/mol. The van der Waals surface area contributed by atoms with Gasteiger partial charge in [0, 0.05) is 38.9 Å². The van der Waals surface area contributed by atoms with E-state index < -0.39 is 0 Å². The molecule has 1 aliphatic carbocycles. The van der Waals surface area contributed by atoms with Crippen LogP contribution in [-0.2, 0) is 10.8 Å². The molecule has 0 amide bonds. The Kier molecular flexibility index (Phi) is 6.53. The first-order valence-corrected chi connectivity index (χ1v) is 17.9. The normalized spacial score (nSPS) is 14.9. The van der Waals surface area contributed by atoms with Crippen LogP contribution in [0, 0.1) is 0 Å². The van der Waals surface area contributed by atoms with Gasteiger partial charge in [-0.3, -0.25) is 0 Å². The van der Waals surface area contributed by atoms with Gasteiger partial charge in [0.1, 0.15) is 5.75 Å². The van der Waals surface area contributed by atoms with Crippen molar-refractivity contribution in [3.05, 3.63) is 174 Å². The topological polar surface area (TPSA) is 30.9 Å². The minimum absolute atomic E-state index is 0.141. The largest absolute Gasteiger partial charge is 0.455 e. The predicted octanol–water partition coefficient (Wildman–Crippen LogP) is 13.5. The molecule has 0 radical (unpaired) electrons. The predicted molar refractivity (Wildman–Crippen MR) is 209 cm³/mol. The zero-order chi connectivity index (χ0) is 35.2. The maximum Gasteiger partial charge on any atom is 0.177 e. The maximum atomic E-state index is 6.86. The van der Waals surface area contributed by atoms with Crippen LogP contribution in [0.1, 0.15) is 49.9 Å². The van der Waals surface area contributed by atoms with Crippen molar-refractivity contribution in [1.82, 2.24) is 0 Å². The van der Waals surface area contributed by atoms with Crippen LogP contribution in [-0.4, -0.2) is 0 Å². The van der Waals surface area contributed by atoms with Crippen LogP contribution in [0.3, 0.4) is 0 Å². The molecule has 52 heavy (non-hydrogen) atoms. The molecule has 10 rings (SSSR count). The quantitative estimate of drug-likeness (QED) is 0.186. The molecule has 2 heterocycles. The molecular weight excluding hydrogens is 639 g/mol. The van der Waals surface area contributed by atoms with E-state index in [1.807, 2.05) is 36.4 Å². The van der Waals surface area contributed by atoms with Gasteiger partial charge in [-0.15, -0.1) is 0 Å². The summed E-state index contributed by atoms with van der Waals surface area (Å²) in [6.45, 7) is 9.24. The van der Waals surface area contributed by atoms with E-state index in [4.69, 9.17) is 14.2 Å². The first-order chi connectivity index (χ1) is 25.3. The number of nitrogens with zero attached hydrogens (tertiary/aromatic N) is 1. The Labute approximate surface area is 304 Å². The van der Waals surface area contributed by atoms with Crippen LogP contribution in [0.25, 0.3) is 22.3 Å². The van der Waals surface area contributed by atoms with E-state index in [1.54, 1.807) is 0 Å². The Bertz CT molecular complexity index is 2560. The lowest BCUT2D eigenvalue weighted by atomic mass is 9.75. The molecule has 4 nitrogen and oxygen atoms in total. The summed E-state index contributed by atoms with van der Waals surface area (Å²) in [6, 6.07) is 53.2. The van der Waals surface area contributed by atoms with Gasteiger partial charge in [-0.1, -0.05) is 125 Å². The Morgan fingerprint density at radius 2 is 0.942 bits per heavy atom. The third-order valence-electron chi connectivity index (χ3n) is 11.2. The molecule has 0 fully saturated rings. The van der Waals surface area contributed by atoms with Crippen molar-refractivity contribution in [2.24, 2.45) is 0 Å². The Balaban J connectivity index is 1.13. The molecule has 0 saturated heterocycles. The van der Waals surface area contributed by atoms with Crippen molar-refractivity contribution in [1.29, 1.82) is 0 Å². The first kappa shape index (κ1) is 30.6. The molecule has 0 saturated carbocycles. The highest BCUT2D eigenvalue weighted by molar-refractivity contribution is 5.88. The van der Waals surface area contributed by atoms with Crippen molar-refractivity contribution in [3.8, 4) is 56.8 Å². The minimum Gasteiger partial charge on any atom is -0.455 e. The van der Waals surface area contributed by atoms with E-state index in [1.165, 1.54) is 27.8 Å². The summed E-state index contributed by atoms with van der Waals surface area (Å²) in [4.78, 5) is 2.35. The van der Waals surface area contributed by atoms with E-state index in [9.17, 15) is 0 Å². The molecule has 0 unspecified atom stereocenters. The number of ether oxygens (including phenoxy) is 3. The lowest BCUT2D eigenvalue weighted by Gasteiger charge is -2.37. The molecule has 252 valence electrons. The second-order valence-electron chi connectivity index (χ2n) is 14.9. The van der Waals surface area contributed by atoms with Crippen molar-refractivity contribution in [3.63, 3.8) is 0 Å². The molecule has 0 spiro atoms. The lowest BCUT2D eigenvalue weighted by molar-refractivity contribution is 0.361. The number of hydrogen-bond donors (Lipinski definition) is 0. The highest BCUT2D eigenvalue weighted by atomic mass is 16.6. The SMILES string of the molecule is CC1(C)c2ccccc2-c2ccc(N(c3ccc(-c4cccc5c4Oc4ccccc4O5)cc3)c3cccc4c3Oc3ccccc3C4(C)C)cc21. The molecular formula is C48H37NO3. The van der Waals surface area contributed by atoms with Crippen molar-refractivity contribution in [2.45, 2.75) is 38.5 Å². The van der Waals surface area contributed by atoms with Gasteiger partial charge >= 0.3 is 0 Å². The fourth-order valence-electron chi connectivity index (χ4n) is 8.45. The highest BCUT2D eigenvalue weighted by Crippen LogP contribution is 2.56. The van der Waals surface area contributed by atoms with Gasteiger partial charge in [0.25, 0.3) is 0 Å². The number of hydrogen-bond acceptors (Lipinski definition) is 4. The third kappa shape index (κ3) is 4.47. The van der Waals surface area contributed by atoms with Crippen LogP contribution >= 0.6 is 0 Å². The van der Waals surface area contributed by atoms with Crippen LogP contribution in [0.5, 0.6) is 34.5 Å². The van der Waals surface area contributed by atoms with Gasteiger partial charge in [-0.2, -0.15) is 0 Å². The molecule has 2 aliphatic heterocycles. The summed E-state index contributed by atoms with van der Waals surface area (Å²) in [7, 11) is 0. The minimum atomic E-state index is -0.246. The van der Waals surface area contributed by atoms with Crippen LogP contribution in [0.4, 0.5) is 17.1 Å². The van der Waals surface area contributed by atoms with Crippen molar-refractivity contribution in [2.75, 3.05) is 4.90 Å². The molecule has 0 bridgehead atoms. The Morgan fingerprint density at radius 1 is 0.385 bits per heavy atom. The number of rotatable bonds is 4. The molecule has 0 N–H and O–H groups in total. The zero-order valence-corrected chi connectivity index (χ0v) is 29.6. The third-order valence-corrected chi connectivity index (χ3v) is 11.2. The van der Waals surface area contributed by atoms with Gasteiger partial charge in [0.2, 0.25) is 0 Å². The fraction of sp³-hybridized carbons (Fsp3) is 0.125. The van der Waals surface area contributed by atoms with Gasteiger partial charge in [-0.25, -0.2) is 0 Å². The summed E-state index contributed by atoms with van der Waals surface area (Å²) < 4.78 is 19.5. The molecule has 4 heteroatoms. The summed E-state index contributed by atoms with van der Waals surface area (Å²) in [5.74, 6) is 4.63. The molecule has 0 atom stereocenters. The van der Waals surface area contributed by atoms with Gasteiger partial charge in [0.15, 0.2) is 28.7 Å². The van der Waals surface area contributed by atoms with Gasteiger partial charge in [0.05, 0.1) is 5.69 Å². The first-order valence-electron chi connectivity index (χ1n) is 17.9. The van der Waals surface area contributed by atoms with Crippen LogP contribution < -0.4 is 19.1 Å². The smallest absolute Gasteiger partial charge is 0.177 e. The second-order valence-corrected chi connectivity index (χ2v) is 14.9. The zero-order valence-electron chi connectivity index (χ0n) is 29.6. The Hall–Kier alpha value is -6.26. The number of fused-ring (bicyclic) bond motifs is 7. The molecule has 7 aromatic rings. The Morgan fingerprint density at radius 3 is 1.75 bits per heavy atom. The molecule has 3 aliphatic rings. The second kappa shape index (κ2) is 11.1. The fourth-order valence-corrected chi connectivity index (χ4v) is 8.45. The van der Waals surface area contributed by atoms with Crippen molar-refractivity contribution < 1.29 is 14.2 Å². The molecule has 0 aromatic heterocycles. The summed E-state index contributed by atoms with van der Waals surface area (Å²) >= 11 is 0. The van der Waals surface area contributed by atoms with Crippen LogP contribution in [0.15, 0.2) is 152 Å². The lowest BCUT2D eigenvalue weighted by Crippen LogP contribution is -2.25. The summed E-state index contributed by atoms with van der Waals surface area (Å²) in [5.41, 5.74) is 12.3. The van der Waals surface area contributed by atoms with Gasteiger partial charge < -0.3 is 19.1 Å². The monoisotopic (exact) mass is 675 g/mol.